The quantitative estimate of drug-likeness (QED) is 0.800. The minimum atomic E-state index is -1.25. The zero-order chi connectivity index (χ0) is 18.7. The third kappa shape index (κ3) is 4.23. The van der Waals surface area contributed by atoms with Crippen LogP contribution in [0.5, 0.6) is 5.75 Å². The summed E-state index contributed by atoms with van der Waals surface area (Å²) >= 11 is 0. The molecule has 136 valence electrons. The SMILES string of the molecule is CC(C)(NC(=O)C1CC1c1ccc(OCc2ccccc2)cc1)C(=O)O. The normalized spacial score (nSPS) is 18.8. The molecule has 0 heterocycles. The van der Waals surface area contributed by atoms with Crippen LogP contribution in [-0.4, -0.2) is 22.5 Å². The first-order valence-electron chi connectivity index (χ1n) is 8.69. The minimum absolute atomic E-state index is 0.141. The number of nitrogens with one attached hydrogen (secondary N) is 1. The number of carboxylic acid groups (broad SMARTS) is 1. The molecule has 0 bridgehead atoms. The van der Waals surface area contributed by atoms with Crippen molar-refractivity contribution in [2.24, 2.45) is 5.92 Å². The zero-order valence-electron chi connectivity index (χ0n) is 14.9. The molecule has 1 saturated carbocycles. The predicted octanol–water partition coefficient (Wildman–Crippen LogP) is 3.35. The van der Waals surface area contributed by atoms with Crippen LogP contribution in [0.15, 0.2) is 54.6 Å². The molecule has 1 aliphatic carbocycles. The molecule has 0 aromatic heterocycles. The van der Waals surface area contributed by atoms with Crippen molar-refractivity contribution in [2.45, 2.75) is 38.3 Å². The van der Waals surface area contributed by atoms with Gasteiger partial charge in [0.05, 0.1) is 0 Å². The number of carbonyl (C=O) groups excluding carboxylic acids is 1. The summed E-state index contributed by atoms with van der Waals surface area (Å²) in [7, 11) is 0. The molecular weight excluding hydrogens is 330 g/mol. The number of hydrogen-bond donors (Lipinski definition) is 2. The Hall–Kier alpha value is -2.82. The van der Waals surface area contributed by atoms with Gasteiger partial charge >= 0.3 is 5.97 Å². The van der Waals surface area contributed by atoms with E-state index in [1.165, 1.54) is 13.8 Å². The predicted molar refractivity (Wildman–Crippen MR) is 97.9 cm³/mol. The Balaban J connectivity index is 1.53. The number of rotatable bonds is 7. The molecule has 5 heteroatoms. The molecule has 2 aromatic rings. The van der Waals surface area contributed by atoms with Gasteiger partial charge in [0.25, 0.3) is 0 Å². The Labute approximate surface area is 153 Å². The monoisotopic (exact) mass is 353 g/mol. The van der Waals surface area contributed by atoms with Gasteiger partial charge in [0.1, 0.15) is 17.9 Å². The molecule has 2 unspecified atom stereocenters. The summed E-state index contributed by atoms with van der Waals surface area (Å²) in [5, 5.41) is 11.7. The number of aliphatic carboxylic acids is 1. The van der Waals surface area contributed by atoms with E-state index in [2.05, 4.69) is 5.32 Å². The first-order valence-corrected chi connectivity index (χ1v) is 8.69. The number of benzene rings is 2. The van der Waals surface area contributed by atoms with Crippen molar-refractivity contribution in [1.82, 2.24) is 5.32 Å². The number of ether oxygens (including phenoxy) is 1. The fourth-order valence-corrected chi connectivity index (χ4v) is 2.86. The Bertz CT molecular complexity index is 783. The molecular formula is C21H23NO4. The minimum Gasteiger partial charge on any atom is -0.489 e. The lowest BCUT2D eigenvalue weighted by atomic mass is 10.0. The van der Waals surface area contributed by atoms with E-state index in [4.69, 9.17) is 9.84 Å². The second kappa shape index (κ2) is 7.20. The number of carbonyl (C=O) groups is 2. The van der Waals surface area contributed by atoms with E-state index in [0.29, 0.717) is 6.61 Å². The number of carboxylic acids is 1. The second-order valence-electron chi connectivity index (χ2n) is 7.21. The summed E-state index contributed by atoms with van der Waals surface area (Å²) in [6, 6.07) is 17.7. The maximum absolute atomic E-state index is 12.2. The standard InChI is InChI=1S/C21H23NO4/c1-21(2,20(24)25)22-19(23)18-12-17(18)15-8-10-16(11-9-15)26-13-14-6-4-3-5-7-14/h3-11,17-18H,12-13H2,1-2H3,(H,22,23)(H,24,25). The average Bonchev–Trinajstić information content (AvgIpc) is 3.42. The highest BCUT2D eigenvalue weighted by atomic mass is 16.5. The van der Waals surface area contributed by atoms with Crippen LogP contribution in [0.4, 0.5) is 0 Å². The molecule has 2 N–H and O–H groups in total. The Kier molecular flexibility index (Phi) is 4.98. The van der Waals surface area contributed by atoms with E-state index in [1.54, 1.807) is 0 Å². The Morgan fingerprint density at radius 2 is 1.77 bits per heavy atom. The van der Waals surface area contributed by atoms with Crippen LogP contribution in [0.3, 0.4) is 0 Å². The molecule has 26 heavy (non-hydrogen) atoms. The fourth-order valence-electron chi connectivity index (χ4n) is 2.86. The van der Waals surface area contributed by atoms with Crippen molar-refractivity contribution in [3.8, 4) is 5.75 Å². The highest BCUT2D eigenvalue weighted by Gasteiger charge is 2.46. The van der Waals surface area contributed by atoms with Crippen molar-refractivity contribution in [3.05, 3.63) is 65.7 Å². The molecule has 1 aliphatic rings. The lowest BCUT2D eigenvalue weighted by Gasteiger charge is -2.21. The maximum atomic E-state index is 12.2. The van der Waals surface area contributed by atoms with Gasteiger partial charge in [-0.05, 0) is 49.4 Å². The van der Waals surface area contributed by atoms with E-state index in [9.17, 15) is 9.59 Å². The lowest BCUT2D eigenvalue weighted by Crippen LogP contribution is -2.50. The van der Waals surface area contributed by atoms with Gasteiger partial charge in [-0.2, -0.15) is 0 Å². The molecule has 0 radical (unpaired) electrons. The first-order chi connectivity index (χ1) is 12.4. The Morgan fingerprint density at radius 3 is 2.38 bits per heavy atom. The summed E-state index contributed by atoms with van der Waals surface area (Å²) in [5.74, 6) is -0.478. The third-order valence-corrected chi connectivity index (χ3v) is 4.65. The summed E-state index contributed by atoms with van der Waals surface area (Å²) in [5.41, 5.74) is 0.932. The van der Waals surface area contributed by atoms with E-state index in [1.807, 2.05) is 54.6 Å². The van der Waals surface area contributed by atoms with Gasteiger partial charge in [-0.15, -0.1) is 0 Å². The largest absolute Gasteiger partial charge is 0.489 e. The molecule has 0 saturated heterocycles. The van der Waals surface area contributed by atoms with Gasteiger partial charge in [0.15, 0.2) is 0 Å². The van der Waals surface area contributed by atoms with Crippen molar-refractivity contribution in [1.29, 1.82) is 0 Å². The topological polar surface area (TPSA) is 75.6 Å². The molecule has 0 spiro atoms. The number of hydrogen-bond acceptors (Lipinski definition) is 3. The van der Waals surface area contributed by atoms with Crippen LogP contribution in [0.2, 0.25) is 0 Å². The molecule has 2 atom stereocenters. The maximum Gasteiger partial charge on any atom is 0.328 e. The van der Waals surface area contributed by atoms with E-state index in [0.717, 1.165) is 23.3 Å². The molecule has 1 amide bonds. The van der Waals surface area contributed by atoms with E-state index < -0.39 is 11.5 Å². The van der Waals surface area contributed by atoms with Crippen LogP contribution in [-0.2, 0) is 16.2 Å². The van der Waals surface area contributed by atoms with Crippen molar-refractivity contribution in [2.75, 3.05) is 0 Å². The summed E-state index contributed by atoms with van der Waals surface area (Å²) in [6.45, 7) is 3.49. The summed E-state index contributed by atoms with van der Waals surface area (Å²) in [4.78, 5) is 23.4. The summed E-state index contributed by atoms with van der Waals surface area (Å²) < 4.78 is 5.77. The van der Waals surface area contributed by atoms with Gasteiger partial charge in [0.2, 0.25) is 5.91 Å². The van der Waals surface area contributed by atoms with E-state index in [-0.39, 0.29) is 17.7 Å². The molecule has 5 nitrogen and oxygen atoms in total. The van der Waals surface area contributed by atoms with Gasteiger partial charge < -0.3 is 15.2 Å². The van der Waals surface area contributed by atoms with Crippen LogP contribution >= 0.6 is 0 Å². The van der Waals surface area contributed by atoms with Crippen LogP contribution < -0.4 is 10.1 Å². The molecule has 0 aliphatic heterocycles. The molecule has 1 fully saturated rings. The fraction of sp³-hybridized carbons (Fsp3) is 0.333. The lowest BCUT2D eigenvalue weighted by molar-refractivity contribution is -0.146. The zero-order valence-corrected chi connectivity index (χ0v) is 14.9. The van der Waals surface area contributed by atoms with Crippen LogP contribution in [0, 0.1) is 5.92 Å². The molecule has 2 aromatic carbocycles. The third-order valence-electron chi connectivity index (χ3n) is 4.65. The molecule has 3 rings (SSSR count). The highest BCUT2D eigenvalue weighted by molar-refractivity contribution is 5.89. The first kappa shape index (κ1) is 18.0. The smallest absolute Gasteiger partial charge is 0.328 e. The van der Waals surface area contributed by atoms with Crippen molar-refractivity contribution >= 4 is 11.9 Å². The van der Waals surface area contributed by atoms with Crippen molar-refractivity contribution < 1.29 is 19.4 Å². The van der Waals surface area contributed by atoms with Gasteiger partial charge in [-0.3, -0.25) is 4.79 Å². The Morgan fingerprint density at radius 1 is 1.12 bits per heavy atom. The van der Waals surface area contributed by atoms with Crippen molar-refractivity contribution in [3.63, 3.8) is 0 Å². The summed E-state index contributed by atoms with van der Waals surface area (Å²) in [6.07, 6.45) is 0.742. The van der Waals surface area contributed by atoms with Gasteiger partial charge in [-0.1, -0.05) is 42.5 Å². The average molecular weight is 353 g/mol. The van der Waals surface area contributed by atoms with Crippen LogP contribution in [0.1, 0.15) is 37.3 Å². The van der Waals surface area contributed by atoms with Gasteiger partial charge in [0, 0.05) is 5.92 Å². The van der Waals surface area contributed by atoms with Crippen LogP contribution in [0.25, 0.3) is 0 Å². The van der Waals surface area contributed by atoms with E-state index >= 15 is 0 Å². The highest BCUT2D eigenvalue weighted by Crippen LogP contribution is 2.48. The number of amides is 1. The second-order valence-corrected chi connectivity index (χ2v) is 7.21. The van der Waals surface area contributed by atoms with Gasteiger partial charge in [-0.25, -0.2) is 4.79 Å².